The number of anilines is 1. The monoisotopic (exact) mass is 405 g/mol. The molecule has 1 fully saturated rings. The van der Waals surface area contributed by atoms with E-state index >= 15 is 0 Å². The van der Waals surface area contributed by atoms with Crippen LogP contribution < -0.4 is 10.2 Å². The number of hydrogen-bond acceptors (Lipinski definition) is 4. The Morgan fingerprint density at radius 2 is 1.86 bits per heavy atom. The van der Waals surface area contributed by atoms with Crippen LogP contribution in [-0.2, 0) is 11.3 Å². The molecule has 1 amide bonds. The number of amides is 1. The molecule has 2 aromatic carbocycles. The number of benzene rings is 2. The van der Waals surface area contributed by atoms with Gasteiger partial charge in [-0.05, 0) is 43.2 Å². The molecule has 0 atom stereocenters. The van der Waals surface area contributed by atoms with Crippen LogP contribution in [0.3, 0.4) is 0 Å². The van der Waals surface area contributed by atoms with E-state index in [0.717, 1.165) is 15.3 Å². The first-order chi connectivity index (χ1) is 13.5. The van der Waals surface area contributed by atoms with Gasteiger partial charge in [-0.3, -0.25) is 4.79 Å². The number of hydrogen-bond donors (Lipinski definition) is 1. The summed E-state index contributed by atoms with van der Waals surface area (Å²) in [6.45, 7) is 1.13. The Bertz CT molecular complexity index is 995. The average Bonchev–Trinajstić information content (AvgIpc) is 3.10. The largest absolute Gasteiger partial charge is 0.352 e. The van der Waals surface area contributed by atoms with Crippen LogP contribution in [0.5, 0.6) is 0 Å². The van der Waals surface area contributed by atoms with Crippen molar-refractivity contribution >= 4 is 32.6 Å². The molecule has 4 rings (SSSR count). The maximum Gasteiger partial charge on any atom is 0.223 e. The fourth-order valence-corrected chi connectivity index (χ4v) is 4.42. The molecule has 28 heavy (non-hydrogen) atoms. The smallest absolute Gasteiger partial charge is 0.223 e. The number of halogens is 3. The molecule has 0 spiro atoms. The summed E-state index contributed by atoms with van der Waals surface area (Å²) in [5.41, 5.74) is 0.628. The SMILES string of the molecule is O=C(NCc1c(F)cccc1F)C1CCN(c2nc3ccc(F)cc3s2)CC1. The number of nitrogens with zero attached hydrogens (tertiary/aromatic N) is 2. The summed E-state index contributed by atoms with van der Waals surface area (Å²) < 4.78 is 41.5. The van der Waals surface area contributed by atoms with E-state index in [1.807, 2.05) is 0 Å². The molecule has 0 unspecified atom stereocenters. The van der Waals surface area contributed by atoms with Gasteiger partial charge in [0.15, 0.2) is 5.13 Å². The van der Waals surface area contributed by atoms with E-state index in [0.29, 0.717) is 25.9 Å². The molecule has 1 N–H and O–H groups in total. The fourth-order valence-electron chi connectivity index (χ4n) is 3.38. The van der Waals surface area contributed by atoms with E-state index in [1.165, 1.54) is 41.7 Å². The van der Waals surface area contributed by atoms with Crippen molar-refractivity contribution in [1.82, 2.24) is 10.3 Å². The molecule has 1 aromatic heterocycles. The van der Waals surface area contributed by atoms with Crippen molar-refractivity contribution in [1.29, 1.82) is 0 Å². The molecule has 4 nitrogen and oxygen atoms in total. The number of aromatic nitrogens is 1. The average molecular weight is 405 g/mol. The molecule has 0 aliphatic carbocycles. The first-order valence-corrected chi connectivity index (χ1v) is 9.84. The minimum Gasteiger partial charge on any atom is -0.352 e. The lowest BCUT2D eigenvalue weighted by atomic mass is 9.96. The van der Waals surface area contributed by atoms with Crippen LogP contribution in [0.2, 0.25) is 0 Å². The van der Waals surface area contributed by atoms with Crippen molar-refractivity contribution in [2.24, 2.45) is 5.92 Å². The zero-order valence-electron chi connectivity index (χ0n) is 14.9. The lowest BCUT2D eigenvalue weighted by Crippen LogP contribution is -2.40. The van der Waals surface area contributed by atoms with Gasteiger partial charge < -0.3 is 10.2 Å². The molecule has 2 heterocycles. The van der Waals surface area contributed by atoms with Gasteiger partial charge in [-0.2, -0.15) is 0 Å². The Hall–Kier alpha value is -2.61. The Balaban J connectivity index is 1.34. The van der Waals surface area contributed by atoms with Crippen LogP contribution in [0.1, 0.15) is 18.4 Å². The summed E-state index contributed by atoms with van der Waals surface area (Å²) >= 11 is 1.43. The standard InChI is InChI=1S/C20H18F3N3OS/c21-13-4-5-17-18(10-13)28-20(25-17)26-8-6-12(7-9-26)19(27)24-11-14-15(22)2-1-3-16(14)23/h1-5,10,12H,6-9,11H2,(H,24,27). The summed E-state index contributed by atoms with van der Waals surface area (Å²) in [6.07, 6.45) is 1.24. The van der Waals surface area contributed by atoms with E-state index in [1.54, 1.807) is 6.07 Å². The van der Waals surface area contributed by atoms with E-state index in [4.69, 9.17) is 0 Å². The highest BCUT2D eigenvalue weighted by molar-refractivity contribution is 7.22. The molecule has 0 saturated carbocycles. The first-order valence-electron chi connectivity index (χ1n) is 9.03. The van der Waals surface area contributed by atoms with Crippen LogP contribution >= 0.6 is 11.3 Å². The maximum atomic E-state index is 13.7. The molecule has 1 aliphatic heterocycles. The highest BCUT2D eigenvalue weighted by Crippen LogP contribution is 2.32. The van der Waals surface area contributed by atoms with Gasteiger partial charge >= 0.3 is 0 Å². The van der Waals surface area contributed by atoms with Gasteiger partial charge in [0.05, 0.1) is 10.2 Å². The molecular weight excluding hydrogens is 387 g/mol. The summed E-state index contributed by atoms with van der Waals surface area (Å²) in [4.78, 5) is 19.0. The van der Waals surface area contributed by atoms with Crippen molar-refractivity contribution in [3.63, 3.8) is 0 Å². The highest BCUT2D eigenvalue weighted by Gasteiger charge is 2.26. The summed E-state index contributed by atoms with van der Waals surface area (Å²) in [5.74, 6) is -2.03. The van der Waals surface area contributed by atoms with Crippen molar-refractivity contribution in [2.45, 2.75) is 19.4 Å². The van der Waals surface area contributed by atoms with Crippen LogP contribution in [-0.4, -0.2) is 24.0 Å². The van der Waals surface area contributed by atoms with E-state index in [-0.39, 0.29) is 29.8 Å². The second kappa shape index (κ2) is 7.79. The van der Waals surface area contributed by atoms with Gasteiger partial charge in [-0.25, -0.2) is 18.2 Å². The number of fused-ring (bicyclic) bond motifs is 1. The number of piperidine rings is 1. The second-order valence-corrected chi connectivity index (χ2v) is 7.80. The second-order valence-electron chi connectivity index (χ2n) is 6.79. The molecule has 8 heteroatoms. The first kappa shape index (κ1) is 18.7. The molecular formula is C20H18F3N3OS. The Morgan fingerprint density at radius 3 is 2.57 bits per heavy atom. The lowest BCUT2D eigenvalue weighted by Gasteiger charge is -2.31. The minimum absolute atomic E-state index is 0.130. The lowest BCUT2D eigenvalue weighted by molar-refractivity contribution is -0.125. The third-order valence-corrected chi connectivity index (χ3v) is 6.06. The van der Waals surface area contributed by atoms with Crippen molar-refractivity contribution < 1.29 is 18.0 Å². The minimum atomic E-state index is -0.664. The van der Waals surface area contributed by atoms with Crippen LogP contribution in [0.25, 0.3) is 10.2 Å². The number of carbonyl (C=O) groups excluding carboxylic acids is 1. The molecule has 3 aromatic rings. The third kappa shape index (κ3) is 3.82. The Labute approximate surface area is 164 Å². The van der Waals surface area contributed by atoms with Crippen LogP contribution in [0.4, 0.5) is 18.3 Å². The number of nitrogens with one attached hydrogen (secondary N) is 1. The van der Waals surface area contributed by atoms with E-state index in [2.05, 4.69) is 15.2 Å². The van der Waals surface area contributed by atoms with Gasteiger partial charge in [0.1, 0.15) is 17.5 Å². The third-order valence-electron chi connectivity index (χ3n) is 4.98. The Kier molecular flexibility index (Phi) is 5.21. The number of rotatable bonds is 4. The van der Waals surface area contributed by atoms with Gasteiger partial charge in [0, 0.05) is 31.1 Å². The summed E-state index contributed by atoms with van der Waals surface area (Å²) in [5, 5.41) is 3.45. The Morgan fingerprint density at radius 1 is 1.14 bits per heavy atom. The summed E-state index contributed by atoms with van der Waals surface area (Å²) in [7, 11) is 0. The molecule has 1 aliphatic rings. The highest BCUT2D eigenvalue weighted by atomic mass is 32.1. The molecule has 0 bridgehead atoms. The molecule has 1 saturated heterocycles. The van der Waals surface area contributed by atoms with Crippen LogP contribution in [0, 0.1) is 23.4 Å². The van der Waals surface area contributed by atoms with Crippen molar-refractivity contribution in [2.75, 3.05) is 18.0 Å². The fraction of sp³-hybridized carbons (Fsp3) is 0.300. The van der Waals surface area contributed by atoms with Gasteiger partial charge in [0.25, 0.3) is 0 Å². The number of thiazole rings is 1. The van der Waals surface area contributed by atoms with Crippen LogP contribution in [0.15, 0.2) is 36.4 Å². The topological polar surface area (TPSA) is 45.2 Å². The normalized spacial score (nSPS) is 15.2. The maximum absolute atomic E-state index is 13.7. The van der Waals surface area contributed by atoms with Gasteiger partial charge in [0.2, 0.25) is 5.91 Å². The number of carbonyl (C=O) groups is 1. The summed E-state index contributed by atoms with van der Waals surface area (Å²) in [6, 6.07) is 8.16. The molecule has 146 valence electrons. The van der Waals surface area contributed by atoms with Crippen molar-refractivity contribution in [3.05, 3.63) is 59.4 Å². The quantitative estimate of drug-likeness (QED) is 0.706. The van der Waals surface area contributed by atoms with Crippen molar-refractivity contribution in [3.8, 4) is 0 Å². The predicted molar refractivity (Wildman–Crippen MR) is 103 cm³/mol. The van der Waals surface area contributed by atoms with Gasteiger partial charge in [-0.1, -0.05) is 17.4 Å². The molecule has 0 radical (unpaired) electrons. The van der Waals surface area contributed by atoms with E-state index < -0.39 is 11.6 Å². The van der Waals surface area contributed by atoms with Gasteiger partial charge in [-0.15, -0.1) is 0 Å². The zero-order valence-corrected chi connectivity index (χ0v) is 15.7. The predicted octanol–water partition coefficient (Wildman–Crippen LogP) is 4.25. The zero-order chi connectivity index (χ0) is 19.7. The van der Waals surface area contributed by atoms with E-state index in [9.17, 15) is 18.0 Å².